The van der Waals surface area contributed by atoms with E-state index in [-0.39, 0.29) is 11.5 Å². The molecule has 2 aromatic rings. The van der Waals surface area contributed by atoms with Crippen LogP contribution in [-0.2, 0) is 0 Å². The molecular formula is C11H7N3O. The van der Waals surface area contributed by atoms with E-state index in [1.165, 1.54) is 6.07 Å². The molecule has 2 rings (SSSR count). The highest BCUT2D eigenvalue weighted by Gasteiger charge is 2.11. The maximum absolute atomic E-state index is 11.8. The van der Waals surface area contributed by atoms with Crippen LogP contribution >= 0.6 is 0 Å². The summed E-state index contributed by atoms with van der Waals surface area (Å²) in [5.41, 5.74) is 1.12. The first kappa shape index (κ1) is 9.16. The van der Waals surface area contributed by atoms with Crippen LogP contribution in [0.5, 0.6) is 0 Å². The van der Waals surface area contributed by atoms with Crippen LogP contribution in [0.1, 0.15) is 21.7 Å². The Bertz CT molecular complexity index is 522. The summed E-state index contributed by atoms with van der Waals surface area (Å²) in [5, 5.41) is 14.8. The summed E-state index contributed by atoms with van der Waals surface area (Å²) in [4.78, 5) is 11.8. The molecule has 0 unspecified atom stereocenters. The molecule has 0 spiro atoms. The van der Waals surface area contributed by atoms with Gasteiger partial charge in [0, 0.05) is 11.6 Å². The van der Waals surface area contributed by atoms with E-state index in [0.717, 1.165) is 0 Å². The minimum atomic E-state index is -0.162. The maximum Gasteiger partial charge on any atom is 0.210 e. The number of nitrogens with zero attached hydrogens (tertiary/aromatic N) is 2. The topological polar surface area (TPSA) is 69.5 Å². The molecule has 15 heavy (non-hydrogen) atoms. The lowest BCUT2D eigenvalue weighted by molar-refractivity contribution is 0.103. The van der Waals surface area contributed by atoms with Crippen LogP contribution in [0.4, 0.5) is 0 Å². The van der Waals surface area contributed by atoms with Crippen LogP contribution in [0.15, 0.2) is 36.4 Å². The van der Waals surface area contributed by atoms with Crippen LogP contribution < -0.4 is 0 Å². The lowest BCUT2D eigenvalue weighted by atomic mass is 10.1. The van der Waals surface area contributed by atoms with E-state index in [0.29, 0.717) is 11.3 Å². The van der Waals surface area contributed by atoms with Crippen molar-refractivity contribution in [2.75, 3.05) is 0 Å². The number of carbonyl (C=O) groups is 1. The molecule has 1 heterocycles. The molecule has 0 radical (unpaired) electrons. The first-order valence-corrected chi connectivity index (χ1v) is 4.36. The number of rotatable bonds is 2. The molecule has 0 saturated heterocycles. The highest BCUT2D eigenvalue weighted by atomic mass is 16.1. The van der Waals surface area contributed by atoms with Crippen LogP contribution in [0.25, 0.3) is 0 Å². The van der Waals surface area contributed by atoms with Gasteiger partial charge in [-0.15, -0.1) is 0 Å². The number of nitriles is 1. The number of H-pyrrole nitrogens is 1. The molecule has 1 aromatic carbocycles. The second-order valence-corrected chi connectivity index (χ2v) is 2.97. The molecule has 72 valence electrons. The average molecular weight is 197 g/mol. The number of aromatic amines is 1. The quantitative estimate of drug-likeness (QED) is 0.742. The van der Waals surface area contributed by atoms with E-state index >= 15 is 0 Å². The molecule has 0 aliphatic heterocycles. The summed E-state index contributed by atoms with van der Waals surface area (Å²) in [5.74, 6) is -0.162. The SMILES string of the molecule is N#Cc1cc(C(=O)c2ccccc2)[nH]n1. The van der Waals surface area contributed by atoms with Gasteiger partial charge in [-0.3, -0.25) is 9.89 Å². The molecule has 4 heteroatoms. The smallest absolute Gasteiger partial charge is 0.210 e. The second kappa shape index (κ2) is 3.76. The van der Waals surface area contributed by atoms with Crippen molar-refractivity contribution >= 4 is 5.78 Å². The van der Waals surface area contributed by atoms with Crippen molar-refractivity contribution in [3.63, 3.8) is 0 Å². The summed E-state index contributed by atoms with van der Waals surface area (Å²) < 4.78 is 0. The van der Waals surface area contributed by atoms with E-state index in [2.05, 4.69) is 10.2 Å². The van der Waals surface area contributed by atoms with Crippen LogP contribution in [0.3, 0.4) is 0 Å². The van der Waals surface area contributed by atoms with E-state index in [9.17, 15) is 4.79 Å². The highest BCUT2D eigenvalue weighted by Crippen LogP contribution is 2.07. The number of benzene rings is 1. The molecule has 1 N–H and O–H groups in total. The first-order valence-electron chi connectivity index (χ1n) is 4.36. The molecule has 0 bridgehead atoms. The van der Waals surface area contributed by atoms with Gasteiger partial charge < -0.3 is 0 Å². The van der Waals surface area contributed by atoms with Gasteiger partial charge in [-0.05, 0) is 0 Å². The molecule has 1 aromatic heterocycles. The van der Waals surface area contributed by atoms with E-state index in [1.54, 1.807) is 24.3 Å². The zero-order valence-corrected chi connectivity index (χ0v) is 7.77. The number of hydrogen-bond acceptors (Lipinski definition) is 3. The van der Waals surface area contributed by atoms with E-state index < -0.39 is 0 Å². The Morgan fingerprint density at radius 2 is 2.07 bits per heavy atom. The molecule has 0 atom stereocenters. The summed E-state index contributed by atoms with van der Waals surface area (Å²) in [6, 6.07) is 12.1. The minimum Gasteiger partial charge on any atom is -0.287 e. The van der Waals surface area contributed by atoms with E-state index in [1.807, 2.05) is 12.1 Å². The van der Waals surface area contributed by atoms with Gasteiger partial charge in [0.15, 0.2) is 5.69 Å². The average Bonchev–Trinajstić information content (AvgIpc) is 2.78. The molecule has 0 aliphatic rings. The van der Waals surface area contributed by atoms with Gasteiger partial charge in [0.05, 0.1) is 0 Å². The van der Waals surface area contributed by atoms with Crippen molar-refractivity contribution < 1.29 is 4.79 Å². The maximum atomic E-state index is 11.8. The molecule has 4 nitrogen and oxygen atoms in total. The van der Waals surface area contributed by atoms with E-state index in [4.69, 9.17) is 5.26 Å². The largest absolute Gasteiger partial charge is 0.287 e. The standard InChI is InChI=1S/C11H7N3O/c12-7-9-6-10(14-13-9)11(15)8-4-2-1-3-5-8/h1-6H,(H,13,14). The van der Waals surface area contributed by atoms with Crippen LogP contribution in [0.2, 0.25) is 0 Å². The number of hydrogen-bond donors (Lipinski definition) is 1. The molecule has 0 fully saturated rings. The third-order valence-corrected chi connectivity index (χ3v) is 1.97. The number of ketones is 1. The second-order valence-electron chi connectivity index (χ2n) is 2.97. The number of nitrogens with one attached hydrogen (secondary N) is 1. The predicted molar refractivity (Wildman–Crippen MR) is 53.2 cm³/mol. The fraction of sp³-hybridized carbons (Fsp3) is 0. The van der Waals surface area contributed by atoms with Gasteiger partial charge in [0.1, 0.15) is 11.8 Å². The Kier molecular flexibility index (Phi) is 2.30. The van der Waals surface area contributed by atoms with Crippen molar-refractivity contribution in [2.24, 2.45) is 0 Å². The van der Waals surface area contributed by atoms with Crippen molar-refractivity contribution in [3.05, 3.63) is 53.3 Å². The van der Waals surface area contributed by atoms with Gasteiger partial charge in [-0.25, -0.2) is 0 Å². The molecule has 0 saturated carbocycles. The van der Waals surface area contributed by atoms with Gasteiger partial charge in [-0.2, -0.15) is 10.4 Å². The summed E-state index contributed by atoms with van der Waals surface area (Å²) >= 11 is 0. The molecule has 0 amide bonds. The highest BCUT2D eigenvalue weighted by molar-refractivity contribution is 6.07. The third-order valence-electron chi connectivity index (χ3n) is 1.97. The van der Waals surface area contributed by atoms with Gasteiger partial charge in [0.25, 0.3) is 0 Å². The Balaban J connectivity index is 2.34. The van der Waals surface area contributed by atoms with Crippen molar-refractivity contribution in [1.29, 1.82) is 5.26 Å². The van der Waals surface area contributed by atoms with Gasteiger partial charge >= 0.3 is 0 Å². The fourth-order valence-corrected chi connectivity index (χ4v) is 1.24. The van der Waals surface area contributed by atoms with Gasteiger partial charge in [-0.1, -0.05) is 30.3 Å². The monoisotopic (exact) mass is 197 g/mol. The lowest BCUT2D eigenvalue weighted by Crippen LogP contribution is -2.00. The third kappa shape index (κ3) is 1.76. The first-order chi connectivity index (χ1) is 7.31. The van der Waals surface area contributed by atoms with Crippen LogP contribution in [-0.4, -0.2) is 16.0 Å². The summed E-state index contributed by atoms with van der Waals surface area (Å²) in [7, 11) is 0. The zero-order valence-electron chi connectivity index (χ0n) is 7.77. The van der Waals surface area contributed by atoms with Crippen LogP contribution in [0, 0.1) is 11.3 Å². The molecular weight excluding hydrogens is 190 g/mol. The Morgan fingerprint density at radius 1 is 1.33 bits per heavy atom. The Morgan fingerprint density at radius 3 is 2.67 bits per heavy atom. The van der Waals surface area contributed by atoms with Crippen molar-refractivity contribution in [2.45, 2.75) is 0 Å². The summed E-state index contributed by atoms with van der Waals surface area (Å²) in [6.45, 7) is 0. The molecule has 0 aliphatic carbocycles. The normalized spacial score (nSPS) is 9.53. The summed E-state index contributed by atoms with van der Waals surface area (Å²) in [6.07, 6.45) is 0. The Hall–Kier alpha value is -2.41. The minimum absolute atomic E-state index is 0.162. The number of aromatic nitrogens is 2. The predicted octanol–water partition coefficient (Wildman–Crippen LogP) is 1.51. The lowest BCUT2D eigenvalue weighted by Gasteiger charge is -1.95. The fourth-order valence-electron chi connectivity index (χ4n) is 1.24. The zero-order chi connectivity index (χ0) is 10.7. The van der Waals surface area contributed by atoms with Crippen molar-refractivity contribution in [1.82, 2.24) is 10.2 Å². The Labute approximate surface area is 86.2 Å². The van der Waals surface area contributed by atoms with Crippen molar-refractivity contribution in [3.8, 4) is 6.07 Å². The number of carbonyl (C=O) groups excluding carboxylic acids is 1. The van der Waals surface area contributed by atoms with Gasteiger partial charge in [0.2, 0.25) is 5.78 Å².